The van der Waals surface area contributed by atoms with Crippen molar-refractivity contribution in [2.45, 2.75) is 13.8 Å². The van der Waals surface area contributed by atoms with Gasteiger partial charge in [0.15, 0.2) is 0 Å². The molecule has 0 radical (unpaired) electrons. The standard InChI is InChI=1S/C11H14N2/c1-3-12-11-7-9-5-4-8(2)6-10(9)13-11/h4-7,12-13H,3H2,1-2H3. The molecule has 0 aliphatic rings. The zero-order chi connectivity index (χ0) is 9.26. The SMILES string of the molecule is CCNc1cc2ccc(C)cc2[nH]1. The number of aromatic amines is 1. The minimum Gasteiger partial charge on any atom is -0.372 e. The lowest BCUT2D eigenvalue weighted by atomic mass is 10.2. The van der Waals surface area contributed by atoms with Crippen LogP contribution in [0.15, 0.2) is 24.3 Å². The maximum atomic E-state index is 3.33. The maximum Gasteiger partial charge on any atom is 0.104 e. The smallest absolute Gasteiger partial charge is 0.104 e. The van der Waals surface area contributed by atoms with Crippen LogP contribution in [0.1, 0.15) is 12.5 Å². The Morgan fingerprint density at radius 3 is 2.92 bits per heavy atom. The van der Waals surface area contributed by atoms with Gasteiger partial charge < -0.3 is 10.3 Å². The normalized spacial score (nSPS) is 10.6. The van der Waals surface area contributed by atoms with Crippen LogP contribution >= 0.6 is 0 Å². The first kappa shape index (κ1) is 8.17. The third-order valence-electron chi connectivity index (χ3n) is 2.15. The van der Waals surface area contributed by atoms with Gasteiger partial charge in [-0.05, 0) is 31.5 Å². The Labute approximate surface area is 78.0 Å². The highest BCUT2D eigenvalue weighted by Crippen LogP contribution is 2.19. The average Bonchev–Trinajstić information content (AvgIpc) is 2.46. The Bertz CT molecular complexity index is 415. The second-order valence-electron chi connectivity index (χ2n) is 3.30. The summed E-state index contributed by atoms with van der Waals surface area (Å²) in [4.78, 5) is 3.33. The molecule has 1 aromatic carbocycles. The van der Waals surface area contributed by atoms with Crippen LogP contribution in [-0.4, -0.2) is 11.5 Å². The predicted octanol–water partition coefficient (Wildman–Crippen LogP) is 2.91. The van der Waals surface area contributed by atoms with E-state index >= 15 is 0 Å². The first-order valence-electron chi connectivity index (χ1n) is 4.63. The van der Waals surface area contributed by atoms with Crippen molar-refractivity contribution in [3.8, 4) is 0 Å². The lowest BCUT2D eigenvalue weighted by molar-refractivity contribution is 1.18. The molecular weight excluding hydrogens is 160 g/mol. The van der Waals surface area contributed by atoms with Gasteiger partial charge in [-0.1, -0.05) is 12.1 Å². The molecule has 13 heavy (non-hydrogen) atoms. The largest absolute Gasteiger partial charge is 0.372 e. The average molecular weight is 174 g/mol. The predicted molar refractivity (Wildman–Crippen MR) is 57.2 cm³/mol. The van der Waals surface area contributed by atoms with E-state index in [1.54, 1.807) is 0 Å². The van der Waals surface area contributed by atoms with Crippen molar-refractivity contribution in [2.24, 2.45) is 0 Å². The molecule has 1 heterocycles. The number of aromatic nitrogens is 1. The highest BCUT2D eigenvalue weighted by molar-refractivity contribution is 5.84. The number of hydrogen-bond donors (Lipinski definition) is 2. The second-order valence-corrected chi connectivity index (χ2v) is 3.30. The summed E-state index contributed by atoms with van der Waals surface area (Å²) in [6, 6.07) is 8.57. The van der Waals surface area contributed by atoms with Crippen LogP contribution < -0.4 is 5.32 Å². The molecule has 2 aromatic rings. The van der Waals surface area contributed by atoms with Crippen molar-refractivity contribution in [1.82, 2.24) is 4.98 Å². The van der Waals surface area contributed by atoms with Crippen LogP contribution in [0.25, 0.3) is 10.9 Å². The molecule has 2 heteroatoms. The Morgan fingerprint density at radius 1 is 1.31 bits per heavy atom. The van der Waals surface area contributed by atoms with Crippen molar-refractivity contribution >= 4 is 16.7 Å². The summed E-state index contributed by atoms with van der Waals surface area (Å²) in [5.41, 5.74) is 2.49. The number of rotatable bonds is 2. The van der Waals surface area contributed by atoms with E-state index < -0.39 is 0 Å². The molecule has 1 aromatic heterocycles. The number of nitrogens with one attached hydrogen (secondary N) is 2. The van der Waals surface area contributed by atoms with Crippen LogP contribution in [0.3, 0.4) is 0 Å². The summed E-state index contributed by atoms with van der Waals surface area (Å²) >= 11 is 0. The Balaban J connectivity index is 2.49. The van der Waals surface area contributed by atoms with Gasteiger partial charge in [0.2, 0.25) is 0 Å². The summed E-state index contributed by atoms with van der Waals surface area (Å²) in [6.45, 7) is 5.15. The van der Waals surface area contributed by atoms with Gasteiger partial charge in [-0.3, -0.25) is 0 Å². The summed E-state index contributed by atoms with van der Waals surface area (Å²) in [5.74, 6) is 1.10. The summed E-state index contributed by atoms with van der Waals surface area (Å²) in [7, 11) is 0. The molecule has 0 aliphatic heterocycles. The monoisotopic (exact) mass is 174 g/mol. The molecule has 0 fully saturated rings. The van der Waals surface area contributed by atoms with Crippen LogP contribution in [-0.2, 0) is 0 Å². The number of anilines is 1. The molecule has 0 saturated carbocycles. The summed E-state index contributed by atoms with van der Waals surface area (Å²) < 4.78 is 0. The number of benzene rings is 1. The molecule has 0 amide bonds. The molecule has 0 unspecified atom stereocenters. The van der Waals surface area contributed by atoms with Gasteiger partial charge in [-0.2, -0.15) is 0 Å². The van der Waals surface area contributed by atoms with Gasteiger partial charge in [-0.15, -0.1) is 0 Å². The summed E-state index contributed by atoms with van der Waals surface area (Å²) in [6.07, 6.45) is 0. The van der Waals surface area contributed by atoms with E-state index in [2.05, 4.69) is 48.4 Å². The number of fused-ring (bicyclic) bond motifs is 1. The van der Waals surface area contributed by atoms with E-state index in [0.29, 0.717) is 0 Å². The fraction of sp³-hybridized carbons (Fsp3) is 0.273. The number of hydrogen-bond acceptors (Lipinski definition) is 1. The van der Waals surface area contributed by atoms with E-state index in [-0.39, 0.29) is 0 Å². The fourth-order valence-corrected chi connectivity index (χ4v) is 1.53. The van der Waals surface area contributed by atoms with E-state index in [4.69, 9.17) is 0 Å². The van der Waals surface area contributed by atoms with E-state index in [1.807, 2.05) is 0 Å². The van der Waals surface area contributed by atoms with E-state index in [0.717, 1.165) is 12.4 Å². The van der Waals surface area contributed by atoms with Crippen molar-refractivity contribution < 1.29 is 0 Å². The quantitative estimate of drug-likeness (QED) is 0.719. The van der Waals surface area contributed by atoms with Crippen LogP contribution in [0.2, 0.25) is 0 Å². The number of H-pyrrole nitrogens is 1. The van der Waals surface area contributed by atoms with Crippen LogP contribution in [0.4, 0.5) is 5.82 Å². The first-order chi connectivity index (χ1) is 6.29. The van der Waals surface area contributed by atoms with Crippen molar-refractivity contribution in [1.29, 1.82) is 0 Å². The molecular formula is C11H14N2. The van der Waals surface area contributed by atoms with Crippen LogP contribution in [0, 0.1) is 6.92 Å². The molecule has 68 valence electrons. The van der Waals surface area contributed by atoms with Crippen molar-refractivity contribution in [3.63, 3.8) is 0 Å². The Morgan fingerprint density at radius 2 is 2.15 bits per heavy atom. The van der Waals surface area contributed by atoms with Crippen LogP contribution in [0.5, 0.6) is 0 Å². The summed E-state index contributed by atoms with van der Waals surface area (Å²) in [5, 5.41) is 4.53. The minimum absolute atomic E-state index is 0.950. The van der Waals surface area contributed by atoms with Gasteiger partial charge >= 0.3 is 0 Å². The van der Waals surface area contributed by atoms with Crippen molar-refractivity contribution in [2.75, 3.05) is 11.9 Å². The van der Waals surface area contributed by atoms with E-state index in [1.165, 1.54) is 16.5 Å². The Kier molecular flexibility index (Phi) is 1.97. The lowest BCUT2D eigenvalue weighted by Crippen LogP contribution is -1.95. The molecule has 0 bridgehead atoms. The molecule has 0 atom stereocenters. The molecule has 0 spiro atoms. The van der Waals surface area contributed by atoms with E-state index in [9.17, 15) is 0 Å². The van der Waals surface area contributed by atoms with Crippen molar-refractivity contribution in [3.05, 3.63) is 29.8 Å². The molecule has 2 nitrogen and oxygen atoms in total. The zero-order valence-electron chi connectivity index (χ0n) is 8.02. The van der Waals surface area contributed by atoms with Gasteiger partial charge in [-0.25, -0.2) is 0 Å². The van der Waals surface area contributed by atoms with Gasteiger partial charge in [0.25, 0.3) is 0 Å². The van der Waals surface area contributed by atoms with Gasteiger partial charge in [0.05, 0.1) is 0 Å². The number of aryl methyl sites for hydroxylation is 1. The minimum atomic E-state index is 0.950. The lowest BCUT2D eigenvalue weighted by Gasteiger charge is -1.95. The van der Waals surface area contributed by atoms with Gasteiger partial charge in [0, 0.05) is 17.4 Å². The van der Waals surface area contributed by atoms with Gasteiger partial charge in [0.1, 0.15) is 5.82 Å². The molecule has 0 saturated heterocycles. The molecule has 2 rings (SSSR count). The first-order valence-corrected chi connectivity index (χ1v) is 4.63. The Hall–Kier alpha value is -1.44. The third-order valence-corrected chi connectivity index (χ3v) is 2.15. The highest BCUT2D eigenvalue weighted by atomic mass is 15.0. The molecule has 0 aliphatic carbocycles. The molecule has 2 N–H and O–H groups in total. The second kappa shape index (κ2) is 3.13. The zero-order valence-corrected chi connectivity index (χ0v) is 8.02. The maximum absolute atomic E-state index is 3.33. The topological polar surface area (TPSA) is 27.8 Å². The third kappa shape index (κ3) is 1.52. The fourth-order valence-electron chi connectivity index (χ4n) is 1.53. The highest BCUT2D eigenvalue weighted by Gasteiger charge is 1.98.